The highest BCUT2D eigenvalue weighted by molar-refractivity contribution is 6.12. The predicted octanol–water partition coefficient (Wildman–Crippen LogP) is 1.43. The van der Waals surface area contributed by atoms with Crippen LogP contribution in [0.4, 0.5) is 0 Å². The molecule has 0 fully saturated rings. The summed E-state index contributed by atoms with van der Waals surface area (Å²) in [6.45, 7) is 0. The normalized spacial score (nSPS) is 33.7. The van der Waals surface area contributed by atoms with Gasteiger partial charge < -0.3 is 0 Å². The van der Waals surface area contributed by atoms with Crippen molar-refractivity contribution in [2.45, 2.75) is 18.7 Å². The summed E-state index contributed by atoms with van der Waals surface area (Å²) in [6.07, 6.45) is 5.69. The number of hydrogen-bond acceptors (Lipinski definition) is 1. The third kappa shape index (κ3) is 1.60. The molecule has 0 spiro atoms. The average Bonchev–Trinajstić information content (AvgIpc) is 1.90. The Morgan fingerprint density at radius 3 is 2.67 bits per heavy atom. The molecule has 2 radical (unpaired) electrons. The first-order chi connectivity index (χ1) is 4.33. The SMILES string of the molecule is [B]C1C=CC(C#N)CC1. The van der Waals surface area contributed by atoms with E-state index in [9.17, 15) is 0 Å². The molecule has 2 atom stereocenters. The Morgan fingerprint density at radius 1 is 1.44 bits per heavy atom. The number of rotatable bonds is 0. The summed E-state index contributed by atoms with van der Waals surface area (Å²) in [5.74, 6) is 0.305. The quantitative estimate of drug-likeness (QED) is 0.347. The van der Waals surface area contributed by atoms with Gasteiger partial charge in [0.25, 0.3) is 0 Å². The lowest BCUT2D eigenvalue weighted by atomic mass is 9.77. The molecule has 0 saturated carbocycles. The van der Waals surface area contributed by atoms with E-state index in [0.29, 0.717) is 0 Å². The third-order valence-corrected chi connectivity index (χ3v) is 1.57. The molecule has 1 rings (SSSR count). The molecule has 0 aromatic rings. The molecule has 0 heterocycles. The van der Waals surface area contributed by atoms with Gasteiger partial charge in [0.1, 0.15) is 0 Å². The summed E-state index contributed by atoms with van der Waals surface area (Å²) in [7, 11) is 5.56. The van der Waals surface area contributed by atoms with Gasteiger partial charge in [-0.3, -0.25) is 0 Å². The Morgan fingerprint density at radius 2 is 2.22 bits per heavy atom. The lowest BCUT2D eigenvalue weighted by Gasteiger charge is -2.13. The first-order valence-electron chi connectivity index (χ1n) is 3.16. The van der Waals surface area contributed by atoms with Gasteiger partial charge in [-0.2, -0.15) is 5.26 Å². The molecular weight excluding hydrogens is 109 g/mol. The Bertz CT molecular complexity index is 157. The zero-order chi connectivity index (χ0) is 6.69. The maximum atomic E-state index is 8.44. The van der Waals surface area contributed by atoms with Gasteiger partial charge in [-0.25, -0.2) is 0 Å². The van der Waals surface area contributed by atoms with Gasteiger partial charge in [0.2, 0.25) is 0 Å². The first-order valence-corrected chi connectivity index (χ1v) is 3.16. The van der Waals surface area contributed by atoms with Crippen molar-refractivity contribution in [1.29, 1.82) is 5.26 Å². The fraction of sp³-hybridized carbons (Fsp3) is 0.571. The summed E-state index contributed by atoms with van der Waals surface area (Å²) in [4.78, 5) is 0. The lowest BCUT2D eigenvalue weighted by molar-refractivity contribution is 0.639. The van der Waals surface area contributed by atoms with Crippen molar-refractivity contribution < 1.29 is 0 Å². The van der Waals surface area contributed by atoms with Crippen LogP contribution in [0.2, 0.25) is 5.82 Å². The van der Waals surface area contributed by atoms with Gasteiger partial charge in [0.15, 0.2) is 0 Å². The molecule has 1 nitrogen and oxygen atoms in total. The predicted molar refractivity (Wildman–Crippen MR) is 37.0 cm³/mol. The van der Waals surface area contributed by atoms with E-state index in [2.05, 4.69) is 6.07 Å². The topological polar surface area (TPSA) is 23.8 Å². The van der Waals surface area contributed by atoms with Crippen molar-refractivity contribution in [2.75, 3.05) is 0 Å². The van der Waals surface area contributed by atoms with Gasteiger partial charge in [0.05, 0.1) is 19.8 Å². The minimum Gasteiger partial charge on any atom is -0.198 e. The number of nitrogens with zero attached hydrogens (tertiary/aromatic N) is 1. The van der Waals surface area contributed by atoms with Crippen molar-refractivity contribution in [3.63, 3.8) is 0 Å². The largest absolute Gasteiger partial charge is 0.198 e. The van der Waals surface area contributed by atoms with Crippen LogP contribution in [0, 0.1) is 17.2 Å². The van der Waals surface area contributed by atoms with E-state index in [4.69, 9.17) is 13.1 Å². The van der Waals surface area contributed by atoms with Crippen LogP contribution in [0.3, 0.4) is 0 Å². The second-order valence-electron chi connectivity index (χ2n) is 2.36. The highest BCUT2D eigenvalue weighted by Gasteiger charge is 2.09. The van der Waals surface area contributed by atoms with Crippen molar-refractivity contribution in [3.8, 4) is 6.07 Å². The summed E-state index contributed by atoms with van der Waals surface area (Å²) < 4.78 is 0. The van der Waals surface area contributed by atoms with E-state index in [0.717, 1.165) is 12.8 Å². The van der Waals surface area contributed by atoms with Crippen LogP contribution in [0.25, 0.3) is 0 Å². The zero-order valence-electron chi connectivity index (χ0n) is 5.25. The van der Waals surface area contributed by atoms with Crippen molar-refractivity contribution in [2.24, 2.45) is 5.92 Å². The van der Waals surface area contributed by atoms with Gasteiger partial charge in [-0.15, -0.1) is 0 Å². The Hall–Kier alpha value is -0.705. The fourth-order valence-electron chi connectivity index (χ4n) is 0.949. The highest BCUT2D eigenvalue weighted by atomic mass is 14.3. The molecule has 2 unspecified atom stereocenters. The maximum Gasteiger partial charge on any atom is 0.0755 e. The standard InChI is InChI=1S/C7H8BN/c8-7-3-1-6(5-9)2-4-7/h1,3,6-7H,2,4H2. The van der Waals surface area contributed by atoms with Gasteiger partial charge >= 0.3 is 0 Å². The van der Waals surface area contributed by atoms with E-state index in [1.54, 1.807) is 0 Å². The Labute approximate surface area is 56.8 Å². The van der Waals surface area contributed by atoms with Gasteiger partial charge in [-0.05, 0) is 6.42 Å². The highest BCUT2D eigenvalue weighted by Crippen LogP contribution is 2.22. The average molecular weight is 117 g/mol. The van der Waals surface area contributed by atoms with Crippen LogP contribution in [0.15, 0.2) is 12.2 Å². The molecule has 0 saturated heterocycles. The molecular formula is C7H8BN. The van der Waals surface area contributed by atoms with Crippen molar-refractivity contribution in [1.82, 2.24) is 0 Å². The molecule has 0 aliphatic heterocycles. The number of hydrogen-bond donors (Lipinski definition) is 0. The van der Waals surface area contributed by atoms with Crippen LogP contribution in [-0.2, 0) is 0 Å². The summed E-state index contributed by atoms with van der Waals surface area (Å²) in [5, 5.41) is 8.44. The zero-order valence-corrected chi connectivity index (χ0v) is 5.25. The number of nitriles is 1. The summed E-state index contributed by atoms with van der Waals surface area (Å²) in [5.41, 5.74) is 0. The van der Waals surface area contributed by atoms with E-state index in [1.807, 2.05) is 12.2 Å². The second-order valence-corrected chi connectivity index (χ2v) is 2.36. The van der Waals surface area contributed by atoms with Gasteiger partial charge in [0, 0.05) is 0 Å². The summed E-state index contributed by atoms with van der Waals surface area (Å²) in [6, 6.07) is 2.18. The lowest BCUT2D eigenvalue weighted by Crippen LogP contribution is -2.02. The molecule has 0 bridgehead atoms. The molecule has 0 aromatic heterocycles. The van der Waals surface area contributed by atoms with E-state index < -0.39 is 0 Å². The van der Waals surface area contributed by atoms with E-state index in [1.165, 1.54) is 0 Å². The van der Waals surface area contributed by atoms with E-state index >= 15 is 0 Å². The molecule has 0 N–H and O–H groups in total. The molecule has 0 aromatic carbocycles. The summed E-state index contributed by atoms with van der Waals surface area (Å²) >= 11 is 0. The molecule has 2 heteroatoms. The Kier molecular flexibility index (Phi) is 1.94. The number of allylic oxidation sites excluding steroid dienone is 2. The molecule has 44 valence electrons. The third-order valence-electron chi connectivity index (χ3n) is 1.57. The van der Waals surface area contributed by atoms with E-state index in [-0.39, 0.29) is 11.7 Å². The Balaban J connectivity index is 2.50. The molecule has 0 amide bonds. The van der Waals surface area contributed by atoms with Crippen LogP contribution in [0.5, 0.6) is 0 Å². The van der Waals surface area contributed by atoms with Crippen LogP contribution < -0.4 is 0 Å². The minimum absolute atomic E-state index is 0.116. The first kappa shape index (κ1) is 6.42. The van der Waals surface area contributed by atoms with Crippen LogP contribution in [0.1, 0.15) is 12.8 Å². The fourth-order valence-corrected chi connectivity index (χ4v) is 0.949. The van der Waals surface area contributed by atoms with Gasteiger partial charge in [-0.1, -0.05) is 24.4 Å². The van der Waals surface area contributed by atoms with Crippen molar-refractivity contribution in [3.05, 3.63) is 12.2 Å². The second kappa shape index (κ2) is 2.73. The molecule has 1 aliphatic carbocycles. The van der Waals surface area contributed by atoms with Crippen LogP contribution >= 0.6 is 0 Å². The smallest absolute Gasteiger partial charge is 0.0755 e. The molecule has 9 heavy (non-hydrogen) atoms. The minimum atomic E-state index is 0.116. The monoisotopic (exact) mass is 117 g/mol. The van der Waals surface area contributed by atoms with Crippen molar-refractivity contribution >= 4 is 7.85 Å². The molecule has 1 aliphatic rings. The maximum absolute atomic E-state index is 8.44. The van der Waals surface area contributed by atoms with Crippen LogP contribution in [-0.4, -0.2) is 7.85 Å².